The summed E-state index contributed by atoms with van der Waals surface area (Å²) in [5.41, 5.74) is 2.99. The molecular formula is C23H22N2O6S. The van der Waals surface area contributed by atoms with Crippen molar-refractivity contribution in [2.45, 2.75) is 26.9 Å². The number of hydrogen-bond donors (Lipinski definition) is 2. The van der Waals surface area contributed by atoms with Crippen LogP contribution < -0.4 is 19.7 Å². The number of anilines is 1. The van der Waals surface area contributed by atoms with E-state index in [1.54, 1.807) is 18.2 Å². The van der Waals surface area contributed by atoms with Crippen LogP contribution in [0.2, 0.25) is 0 Å². The number of nitrogens with zero attached hydrogens (tertiary/aromatic N) is 1. The lowest BCUT2D eigenvalue weighted by Crippen LogP contribution is -2.54. The first-order valence-electron chi connectivity index (χ1n) is 9.68. The van der Waals surface area contributed by atoms with E-state index in [0.717, 1.165) is 11.1 Å². The number of aliphatic carboxylic acids is 1. The average Bonchev–Trinajstić information content (AvgIpc) is 2.74. The van der Waals surface area contributed by atoms with Gasteiger partial charge in [-0.15, -0.1) is 0 Å². The molecule has 166 valence electrons. The van der Waals surface area contributed by atoms with E-state index in [1.807, 2.05) is 26.0 Å². The fraction of sp³-hybridized carbons (Fsp3) is 0.217. The molecule has 1 saturated heterocycles. The number of thiocarbonyl (C=S) groups is 1. The summed E-state index contributed by atoms with van der Waals surface area (Å²) in [6, 6.07) is 10.1. The quantitative estimate of drug-likeness (QED) is 0.393. The lowest BCUT2D eigenvalue weighted by molar-refractivity contribution is -0.144. The van der Waals surface area contributed by atoms with E-state index in [1.165, 1.54) is 31.1 Å². The smallest absolute Gasteiger partial charge is 0.344 e. The van der Waals surface area contributed by atoms with Gasteiger partial charge in [0.05, 0.1) is 12.8 Å². The molecule has 8 nitrogen and oxygen atoms in total. The zero-order valence-electron chi connectivity index (χ0n) is 18.0. The molecule has 1 heterocycles. The Bertz CT molecular complexity index is 1160. The second-order valence-electron chi connectivity index (χ2n) is 7.24. The third-order valence-corrected chi connectivity index (χ3v) is 5.29. The highest BCUT2D eigenvalue weighted by Gasteiger charge is 2.34. The van der Waals surface area contributed by atoms with Crippen LogP contribution >= 0.6 is 12.2 Å². The minimum atomic E-state index is -1.12. The second-order valence-corrected chi connectivity index (χ2v) is 7.62. The van der Waals surface area contributed by atoms with Gasteiger partial charge in [-0.1, -0.05) is 12.1 Å². The Morgan fingerprint density at radius 3 is 2.47 bits per heavy atom. The molecule has 9 heteroatoms. The molecule has 32 heavy (non-hydrogen) atoms. The van der Waals surface area contributed by atoms with Gasteiger partial charge in [-0.25, -0.2) is 4.79 Å². The molecule has 1 fully saturated rings. The molecule has 0 saturated carbocycles. The summed E-state index contributed by atoms with van der Waals surface area (Å²) in [4.78, 5) is 38.0. The molecule has 0 radical (unpaired) electrons. The lowest BCUT2D eigenvalue weighted by atomic mass is 10.0. The average molecular weight is 455 g/mol. The van der Waals surface area contributed by atoms with Crippen LogP contribution in [0.15, 0.2) is 42.0 Å². The van der Waals surface area contributed by atoms with E-state index in [-0.39, 0.29) is 22.2 Å². The number of carbonyl (C=O) groups excluding carboxylic acids is 2. The van der Waals surface area contributed by atoms with E-state index in [4.69, 9.17) is 26.8 Å². The number of ether oxygens (including phenoxy) is 2. The Balaban J connectivity index is 1.96. The lowest BCUT2D eigenvalue weighted by Gasteiger charge is -2.29. The normalized spacial score (nSPS) is 16.1. The number of carboxylic acids is 1. The van der Waals surface area contributed by atoms with Gasteiger partial charge in [-0.3, -0.25) is 19.8 Å². The van der Waals surface area contributed by atoms with Crippen molar-refractivity contribution < 1.29 is 29.0 Å². The van der Waals surface area contributed by atoms with Crippen LogP contribution in [0.25, 0.3) is 6.08 Å². The second kappa shape index (κ2) is 9.19. The summed E-state index contributed by atoms with van der Waals surface area (Å²) in [7, 11) is 1.41. The van der Waals surface area contributed by atoms with Crippen LogP contribution in [-0.4, -0.2) is 41.2 Å². The topological polar surface area (TPSA) is 105 Å². The van der Waals surface area contributed by atoms with Gasteiger partial charge < -0.3 is 14.6 Å². The summed E-state index contributed by atoms with van der Waals surface area (Å²) in [6.07, 6.45) is 0.340. The number of aryl methyl sites for hydroxylation is 2. The highest BCUT2D eigenvalue weighted by molar-refractivity contribution is 7.80. The molecule has 2 aromatic rings. The number of benzene rings is 2. The van der Waals surface area contributed by atoms with Crippen LogP contribution in [0.3, 0.4) is 0 Å². The molecule has 0 unspecified atom stereocenters. The molecule has 2 N–H and O–H groups in total. The molecule has 0 aliphatic carbocycles. The molecule has 0 bridgehead atoms. The van der Waals surface area contributed by atoms with Crippen molar-refractivity contribution in [3.05, 3.63) is 58.7 Å². The molecule has 0 aromatic heterocycles. The van der Waals surface area contributed by atoms with Crippen LogP contribution in [0.5, 0.6) is 11.5 Å². The monoisotopic (exact) mass is 454 g/mol. The summed E-state index contributed by atoms with van der Waals surface area (Å²) >= 11 is 5.24. The zero-order chi connectivity index (χ0) is 23.6. The first-order valence-corrected chi connectivity index (χ1v) is 10.1. The molecule has 3 rings (SSSR count). The van der Waals surface area contributed by atoms with Gasteiger partial charge in [-0.2, -0.15) is 0 Å². The van der Waals surface area contributed by atoms with Gasteiger partial charge in [0.1, 0.15) is 5.57 Å². The summed E-state index contributed by atoms with van der Waals surface area (Å²) in [6.45, 7) is 5.28. The van der Waals surface area contributed by atoms with Crippen molar-refractivity contribution in [3.8, 4) is 11.5 Å². The van der Waals surface area contributed by atoms with Gasteiger partial charge in [0.2, 0.25) is 0 Å². The van der Waals surface area contributed by atoms with Crippen LogP contribution in [0.4, 0.5) is 5.69 Å². The van der Waals surface area contributed by atoms with Gasteiger partial charge in [-0.05, 0) is 80.0 Å². The number of carbonyl (C=O) groups is 3. The largest absolute Gasteiger partial charge is 0.493 e. The third kappa shape index (κ3) is 4.62. The van der Waals surface area contributed by atoms with E-state index >= 15 is 0 Å². The van der Waals surface area contributed by atoms with Crippen molar-refractivity contribution in [2.24, 2.45) is 0 Å². The summed E-state index contributed by atoms with van der Waals surface area (Å²) < 4.78 is 10.7. The van der Waals surface area contributed by atoms with Crippen LogP contribution in [-0.2, 0) is 14.4 Å². The molecule has 2 amide bonds. The Labute approximate surface area is 190 Å². The molecular weight excluding hydrogens is 432 g/mol. The number of methoxy groups -OCH3 is 1. The first-order chi connectivity index (χ1) is 15.1. The van der Waals surface area contributed by atoms with Crippen LogP contribution in [0.1, 0.15) is 23.6 Å². The van der Waals surface area contributed by atoms with Gasteiger partial charge in [0.25, 0.3) is 11.8 Å². The fourth-order valence-corrected chi connectivity index (χ4v) is 3.32. The highest BCUT2D eigenvalue weighted by Crippen LogP contribution is 2.31. The SMILES string of the molecule is COc1cc(/C=C2\C(=O)NC(=S)N(c3ccc(C)c(C)c3)C2=O)ccc1O[C@H](C)C(=O)O. The molecule has 1 atom stereocenters. The van der Waals surface area contributed by atoms with Crippen molar-refractivity contribution >= 4 is 46.9 Å². The van der Waals surface area contributed by atoms with E-state index in [9.17, 15) is 14.4 Å². The maximum atomic E-state index is 13.2. The maximum Gasteiger partial charge on any atom is 0.344 e. The zero-order valence-corrected chi connectivity index (χ0v) is 18.8. The van der Waals surface area contributed by atoms with E-state index < -0.39 is 23.9 Å². The van der Waals surface area contributed by atoms with Crippen molar-refractivity contribution in [2.75, 3.05) is 12.0 Å². The molecule has 1 aliphatic rings. The van der Waals surface area contributed by atoms with Gasteiger partial charge >= 0.3 is 5.97 Å². The minimum absolute atomic E-state index is 0.00406. The summed E-state index contributed by atoms with van der Waals surface area (Å²) in [5, 5.41) is 11.6. The van der Waals surface area contributed by atoms with Crippen molar-refractivity contribution in [1.82, 2.24) is 5.32 Å². The number of nitrogens with one attached hydrogen (secondary N) is 1. The number of carboxylic acid groups (broad SMARTS) is 1. The number of amides is 2. The fourth-order valence-electron chi connectivity index (χ4n) is 3.04. The summed E-state index contributed by atoms with van der Waals surface area (Å²) in [5.74, 6) is -1.80. The number of hydrogen-bond acceptors (Lipinski definition) is 6. The van der Waals surface area contributed by atoms with Crippen molar-refractivity contribution in [3.63, 3.8) is 0 Å². The Kier molecular flexibility index (Phi) is 6.59. The third-order valence-electron chi connectivity index (χ3n) is 5.00. The van der Waals surface area contributed by atoms with Gasteiger partial charge in [0.15, 0.2) is 22.7 Å². The van der Waals surface area contributed by atoms with E-state index in [2.05, 4.69) is 5.32 Å². The highest BCUT2D eigenvalue weighted by atomic mass is 32.1. The van der Waals surface area contributed by atoms with Crippen LogP contribution in [0, 0.1) is 13.8 Å². The maximum absolute atomic E-state index is 13.2. The minimum Gasteiger partial charge on any atom is -0.493 e. The predicted molar refractivity (Wildman–Crippen MR) is 123 cm³/mol. The Morgan fingerprint density at radius 1 is 1.12 bits per heavy atom. The van der Waals surface area contributed by atoms with Gasteiger partial charge in [0, 0.05) is 0 Å². The first kappa shape index (κ1) is 23.0. The molecule has 2 aromatic carbocycles. The molecule has 1 aliphatic heterocycles. The van der Waals surface area contributed by atoms with E-state index in [0.29, 0.717) is 11.3 Å². The predicted octanol–water partition coefficient (Wildman–Crippen LogP) is 3.00. The number of rotatable bonds is 6. The molecule has 0 spiro atoms. The standard InChI is InChI=1S/C23H22N2O6S/c1-12-5-7-16(9-13(12)2)25-21(27)17(20(26)24-23(25)32)10-15-6-8-18(19(11-15)30-4)31-14(3)22(28)29/h5-11,14H,1-4H3,(H,28,29)(H,24,26,32)/b17-10+/t14-/m1/s1. The van der Waals surface area contributed by atoms with Crippen molar-refractivity contribution in [1.29, 1.82) is 0 Å². The Hall–Kier alpha value is -3.72. The Morgan fingerprint density at radius 2 is 1.84 bits per heavy atom.